The normalized spacial score (nSPS) is 14.1. The average molecular weight is 421 g/mol. The van der Waals surface area contributed by atoms with Gasteiger partial charge in [-0.15, -0.1) is 0 Å². The van der Waals surface area contributed by atoms with Crippen molar-refractivity contribution in [1.29, 1.82) is 0 Å². The molecule has 9 heteroatoms. The molecule has 166 valence electrons. The van der Waals surface area contributed by atoms with E-state index < -0.39 is 29.2 Å². The molecule has 30 heavy (non-hydrogen) atoms. The van der Waals surface area contributed by atoms with E-state index in [1.54, 1.807) is 48.5 Å². The molecule has 1 heterocycles. The third kappa shape index (κ3) is 6.33. The minimum absolute atomic E-state index is 0.0185. The summed E-state index contributed by atoms with van der Waals surface area (Å²) >= 11 is 0. The summed E-state index contributed by atoms with van der Waals surface area (Å²) in [5, 5.41) is 0.998. The maximum absolute atomic E-state index is 13.1. The third-order valence-corrected chi connectivity index (χ3v) is 4.06. The molecule has 0 atom stereocenters. The Morgan fingerprint density at radius 2 is 1.63 bits per heavy atom. The number of carbonyl (C=O) groups is 3. The lowest BCUT2D eigenvalue weighted by molar-refractivity contribution is 0.00652. The average Bonchev–Trinajstić information content (AvgIpc) is 3.40. The highest BCUT2D eigenvalue weighted by molar-refractivity contribution is 6.05. The molecule has 0 aliphatic heterocycles. The molecule has 2 amide bonds. The van der Waals surface area contributed by atoms with Crippen molar-refractivity contribution in [2.75, 3.05) is 6.54 Å². The van der Waals surface area contributed by atoms with Crippen molar-refractivity contribution in [3.05, 3.63) is 33.7 Å². The van der Waals surface area contributed by atoms with Crippen LogP contribution in [-0.4, -0.2) is 45.3 Å². The minimum atomic E-state index is -0.817. The number of amides is 2. The van der Waals surface area contributed by atoms with Gasteiger partial charge in [0.05, 0.1) is 11.1 Å². The zero-order chi connectivity index (χ0) is 22.9. The molecule has 1 aromatic rings. The van der Waals surface area contributed by atoms with Crippen LogP contribution in [0.2, 0.25) is 0 Å². The van der Waals surface area contributed by atoms with Crippen molar-refractivity contribution >= 4 is 18.0 Å². The van der Waals surface area contributed by atoms with Gasteiger partial charge in [0.25, 0.3) is 11.5 Å². The smallest absolute Gasteiger partial charge is 0.426 e. The molecule has 0 radical (unpaired) electrons. The van der Waals surface area contributed by atoms with Crippen LogP contribution in [-0.2, 0) is 9.47 Å². The lowest BCUT2D eigenvalue weighted by Crippen LogP contribution is -2.48. The summed E-state index contributed by atoms with van der Waals surface area (Å²) < 4.78 is 12.1. The fourth-order valence-corrected chi connectivity index (χ4v) is 2.69. The van der Waals surface area contributed by atoms with Gasteiger partial charge in [-0.1, -0.05) is 0 Å². The summed E-state index contributed by atoms with van der Waals surface area (Å²) in [5.74, 6) is -1.42. The van der Waals surface area contributed by atoms with Crippen LogP contribution in [0.4, 0.5) is 4.79 Å². The Morgan fingerprint density at radius 1 is 1.07 bits per heavy atom. The van der Waals surface area contributed by atoms with E-state index in [1.807, 2.05) is 0 Å². The predicted molar refractivity (Wildman–Crippen MR) is 110 cm³/mol. The van der Waals surface area contributed by atoms with Crippen molar-refractivity contribution < 1.29 is 23.9 Å². The van der Waals surface area contributed by atoms with Crippen LogP contribution in [0.25, 0.3) is 0 Å². The summed E-state index contributed by atoms with van der Waals surface area (Å²) in [7, 11) is 0. The van der Waals surface area contributed by atoms with Crippen LogP contribution in [0.5, 0.6) is 0 Å². The quantitative estimate of drug-likeness (QED) is 0.591. The fraction of sp³-hybridized carbons (Fsp3) is 0.619. The number of nitrogens with zero attached hydrogens (tertiary/aromatic N) is 2. The van der Waals surface area contributed by atoms with Gasteiger partial charge in [-0.3, -0.25) is 9.59 Å². The maximum Gasteiger partial charge on any atom is 0.426 e. The first-order valence-electron chi connectivity index (χ1n) is 10.0. The second kappa shape index (κ2) is 8.49. The largest absolute Gasteiger partial charge is 0.456 e. The van der Waals surface area contributed by atoms with Gasteiger partial charge in [-0.2, -0.15) is 0 Å². The Hall–Kier alpha value is -2.84. The number of pyridine rings is 1. The van der Waals surface area contributed by atoms with Gasteiger partial charge in [0, 0.05) is 24.8 Å². The topological polar surface area (TPSA) is 107 Å². The highest BCUT2D eigenvalue weighted by atomic mass is 16.6. The van der Waals surface area contributed by atoms with Crippen LogP contribution in [0, 0.1) is 0 Å². The molecule has 0 spiro atoms. The zero-order valence-electron chi connectivity index (χ0n) is 18.7. The molecule has 0 bridgehead atoms. The number of rotatable bonds is 4. The molecule has 1 aliphatic rings. The fourth-order valence-electron chi connectivity index (χ4n) is 2.69. The molecule has 2 rings (SSSR count). The number of hydrogen-bond acceptors (Lipinski definition) is 6. The van der Waals surface area contributed by atoms with Crippen molar-refractivity contribution in [3.63, 3.8) is 0 Å². The first-order chi connectivity index (χ1) is 13.7. The first-order valence-corrected chi connectivity index (χ1v) is 10.0. The van der Waals surface area contributed by atoms with Gasteiger partial charge in [0.15, 0.2) is 0 Å². The van der Waals surface area contributed by atoms with E-state index in [9.17, 15) is 19.2 Å². The van der Waals surface area contributed by atoms with Crippen molar-refractivity contribution in [1.82, 2.24) is 15.0 Å². The van der Waals surface area contributed by atoms with E-state index >= 15 is 0 Å². The highest BCUT2D eigenvalue weighted by Crippen LogP contribution is 2.34. The van der Waals surface area contributed by atoms with Gasteiger partial charge in [-0.05, 0) is 61.3 Å². The predicted octanol–water partition coefficient (Wildman–Crippen LogP) is 3.04. The lowest BCUT2D eigenvalue weighted by Gasteiger charge is -2.26. The molecule has 1 aliphatic carbocycles. The van der Waals surface area contributed by atoms with Crippen LogP contribution >= 0.6 is 0 Å². The minimum Gasteiger partial charge on any atom is -0.456 e. The molecular formula is C21H31N3O6. The number of carbonyl (C=O) groups excluding carboxylic acids is 3. The van der Waals surface area contributed by atoms with Crippen LogP contribution < -0.4 is 11.0 Å². The number of hydrazine groups is 1. The molecule has 1 saturated carbocycles. The maximum atomic E-state index is 13.1. The van der Waals surface area contributed by atoms with Crippen molar-refractivity contribution in [3.8, 4) is 0 Å². The number of ether oxygens (including phenoxy) is 2. The SMILES string of the molecule is CCN(NC(=O)OC(C)(C)C)C(=O)c1cc(=O)n(C2CC2)cc1C(=O)OC(C)(C)C. The first kappa shape index (κ1) is 23.4. The van der Waals surface area contributed by atoms with Crippen LogP contribution in [0.3, 0.4) is 0 Å². The number of esters is 1. The Bertz CT molecular complexity index is 887. The van der Waals surface area contributed by atoms with Crippen LogP contribution in [0.15, 0.2) is 17.1 Å². The summed E-state index contributed by atoms with van der Waals surface area (Å²) in [5.41, 5.74) is 0.290. The van der Waals surface area contributed by atoms with Crippen LogP contribution in [0.1, 0.15) is 88.1 Å². The lowest BCUT2D eigenvalue weighted by atomic mass is 10.1. The molecule has 1 fully saturated rings. The number of hydrogen-bond donors (Lipinski definition) is 1. The van der Waals surface area contributed by atoms with E-state index in [-0.39, 0.29) is 29.3 Å². The van der Waals surface area contributed by atoms with E-state index in [1.165, 1.54) is 10.8 Å². The van der Waals surface area contributed by atoms with Gasteiger partial charge < -0.3 is 14.0 Å². The van der Waals surface area contributed by atoms with E-state index in [0.717, 1.165) is 23.9 Å². The Labute approximate surface area is 176 Å². The van der Waals surface area contributed by atoms with E-state index in [4.69, 9.17) is 9.47 Å². The molecule has 0 aromatic carbocycles. The Kier molecular flexibility index (Phi) is 6.63. The standard InChI is InChI=1S/C21H31N3O6/c1-8-24(22-19(28)30-21(5,6)7)17(26)14-11-16(25)23(13-9-10-13)12-15(14)18(27)29-20(2,3)4/h11-13H,8-10H2,1-7H3,(H,22,28). The molecule has 0 unspecified atom stereocenters. The summed E-state index contributed by atoms with van der Waals surface area (Å²) in [4.78, 5) is 50.5. The molecule has 1 N–H and O–H groups in total. The van der Waals surface area contributed by atoms with Gasteiger partial charge in [-0.25, -0.2) is 20.0 Å². The monoisotopic (exact) mass is 421 g/mol. The molecule has 9 nitrogen and oxygen atoms in total. The second-order valence-corrected chi connectivity index (χ2v) is 9.24. The van der Waals surface area contributed by atoms with Gasteiger partial charge >= 0.3 is 12.1 Å². The molecule has 1 aromatic heterocycles. The summed E-state index contributed by atoms with van der Waals surface area (Å²) in [6, 6.07) is 1.14. The highest BCUT2D eigenvalue weighted by Gasteiger charge is 2.31. The van der Waals surface area contributed by atoms with E-state index in [2.05, 4.69) is 5.43 Å². The summed E-state index contributed by atoms with van der Waals surface area (Å²) in [6.07, 6.45) is 2.23. The third-order valence-electron chi connectivity index (χ3n) is 4.06. The Morgan fingerprint density at radius 3 is 2.10 bits per heavy atom. The second-order valence-electron chi connectivity index (χ2n) is 9.24. The summed E-state index contributed by atoms with van der Waals surface area (Å²) in [6.45, 7) is 12.0. The van der Waals surface area contributed by atoms with Crippen molar-refractivity contribution in [2.45, 2.75) is 78.6 Å². The van der Waals surface area contributed by atoms with Gasteiger partial charge in [0.2, 0.25) is 0 Å². The Balaban J connectivity index is 2.40. The number of aromatic nitrogens is 1. The molecular weight excluding hydrogens is 390 g/mol. The molecule has 0 saturated heterocycles. The zero-order valence-corrected chi connectivity index (χ0v) is 18.7. The number of nitrogens with one attached hydrogen (secondary N) is 1. The van der Waals surface area contributed by atoms with E-state index in [0.29, 0.717) is 0 Å². The van der Waals surface area contributed by atoms with Gasteiger partial charge in [0.1, 0.15) is 11.2 Å². The van der Waals surface area contributed by atoms with Crippen molar-refractivity contribution in [2.24, 2.45) is 0 Å².